The fraction of sp³-hybridized carbons (Fsp3) is 0.448. The summed E-state index contributed by atoms with van der Waals surface area (Å²) in [5, 5.41) is 2.19. The number of hydrogen-bond acceptors (Lipinski definition) is 3. The number of methoxy groups -OCH3 is 1. The lowest BCUT2D eigenvalue weighted by molar-refractivity contribution is 0.0837. The van der Waals surface area contributed by atoms with E-state index >= 15 is 0 Å². The Labute approximate surface area is 200 Å². The molecular formula is C29H33N3O2. The van der Waals surface area contributed by atoms with Gasteiger partial charge in [0.05, 0.1) is 24.0 Å². The average Bonchev–Trinajstić information content (AvgIpc) is 3.57. The first-order valence-electron chi connectivity index (χ1n) is 12.7. The molecule has 0 aliphatic heterocycles. The molecule has 176 valence electrons. The summed E-state index contributed by atoms with van der Waals surface area (Å²) in [6, 6.07) is 12.5. The monoisotopic (exact) mass is 455 g/mol. The number of nitrogens with zero attached hydrogens (tertiary/aromatic N) is 3. The van der Waals surface area contributed by atoms with Crippen molar-refractivity contribution >= 4 is 27.7 Å². The van der Waals surface area contributed by atoms with Gasteiger partial charge in [-0.15, -0.1) is 0 Å². The number of Topliss-reactive ketones (excluding diaryl/α,β-unsaturated/α-hetero) is 1. The van der Waals surface area contributed by atoms with Gasteiger partial charge in [-0.3, -0.25) is 4.79 Å². The summed E-state index contributed by atoms with van der Waals surface area (Å²) in [6.45, 7) is 2.98. The van der Waals surface area contributed by atoms with Crippen LogP contribution in [0.1, 0.15) is 55.8 Å². The largest absolute Gasteiger partial charge is 0.495 e. The second kappa shape index (κ2) is 8.30. The van der Waals surface area contributed by atoms with Crippen LogP contribution in [0.5, 0.6) is 5.75 Å². The molecule has 0 N–H and O–H groups in total. The van der Waals surface area contributed by atoms with Crippen LogP contribution < -0.4 is 4.74 Å². The summed E-state index contributed by atoms with van der Waals surface area (Å²) in [4.78, 5) is 18.2. The standard InChI is InChI=1S/C29H33N3O2/c1-4-32-25(15-21-9-6-12-30-29(21)32)24-16-22-14-23(17-26(34-3)27(22)31(24)2)28(33)20-11-10-18-7-5-8-19(18)13-20/h6,9,12,14-20H,4-5,7-8,10-11,13H2,1-3H3. The van der Waals surface area contributed by atoms with Gasteiger partial charge in [0.15, 0.2) is 5.78 Å². The van der Waals surface area contributed by atoms with Crippen LogP contribution in [0.3, 0.4) is 0 Å². The third-order valence-corrected chi connectivity index (χ3v) is 8.49. The summed E-state index contributed by atoms with van der Waals surface area (Å²) in [5.41, 5.74) is 5.04. The van der Waals surface area contributed by atoms with Crippen molar-refractivity contribution < 1.29 is 9.53 Å². The van der Waals surface area contributed by atoms with Crippen LogP contribution in [0.25, 0.3) is 33.3 Å². The minimum absolute atomic E-state index is 0.151. The topological polar surface area (TPSA) is 49.0 Å². The number of carbonyl (C=O) groups is 1. The molecule has 0 radical (unpaired) electrons. The SMILES string of the molecule is CCn1c(-c2cc3cc(C(=O)C4CCC5CCCC5C4)cc(OC)c3n2C)cc2cccnc21. The second-order valence-electron chi connectivity index (χ2n) is 10.2. The summed E-state index contributed by atoms with van der Waals surface area (Å²) in [6.07, 6.45) is 9.16. The van der Waals surface area contributed by atoms with Gasteiger partial charge in [0.2, 0.25) is 0 Å². The summed E-state index contributed by atoms with van der Waals surface area (Å²) < 4.78 is 10.3. The highest BCUT2D eigenvalue weighted by Gasteiger charge is 2.36. The molecule has 3 unspecified atom stereocenters. The number of carbonyl (C=O) groups excluding carboxylic acids is 1. The van der Waals surface area contributed by atoms with Gasteiger partial charge in [-0.1, -0.05) is 19.3 Å². The normalized spacial score (nSPS) is 22.4. The predicted molar refractivity (Wildman–Crippen MR) is 136 cm³/mol. The summed E-state index contributed by atoms with van der Waals surface area (Å²) >= 11 is 0. The van der Waals surface area contributed by atoms with E-state index in [1.165, 1.54) is 25.7 Å². The first kappa shape index (κ1) is 21.5. The number of benzene rings is 1. The average molecular weight is 456 g/mol. The molecule has 2 aliphatic carbocycles. The van der Waals surface area contributed by atoms with E-state index in [9.17, 15) is 4.79 Å². The van der Waals surface area contributed by atoms with E-state index < -0.39 is 0 Å². The lowest BCUT2D eigenvalue weighted by Crippen LogP contribution is -2.26. The number of hydrogen-bond donors (Lipinski definition) is 0. The highest BCUT2D eigenvalue weighted by molar-refractivity contribution is 6.04. The third kappa shape index (κ3) is 3.28. The fourth-order valence-corrected chi connectivity index (χ4v) is 6.80. The third-order valence-electron chi connectivity index (χ3n) is 8.49. The van der Waals surface area contributed by atoms with Crippen molar-refractivity contribution in [3.63, 3.8) is 0 Å². The van der Waals surface area contributed by atoms with Crippen LogP contribution in [0.4, 0.5) is 0 Å². The molecule has 3 heterocycles. The molecule has 5 nitrogen and oxygen atoms in total. The smallest absolute Gasteiger partial charge is 0.166 e. The van der Waals surface area contributed by atoms with Crippen molar-refractivity contribution in [1.82, 2.24) is 14.1 Å². The Morgan fingerprint density at radius 1 is 1.06 bits per heavy atom. The van der Waals surface area contributed by atoms with Crippen LogP contribution in [-0.2, 0) is 13.6 Å². The van der Waals surface area contributed by atoms with Crippen LogP contribution in [0.2, 0.25) is 0 Å². The Morgan fingerprint density at radius 3 is 2.71 bits per heavy atom. The van der Waals surface area contributed by atoms with Gasteiger partial charge in [0, 0.05) is 42.0 Å². The Kier molecular flexibility index (Phi) is 5.23. The Balaban J connectivity index is 1.43. The number of rotatable bonds is 5. The van der Waals surface area contributed by atoms with Gasteiger partial charge >= 0.3 is 0 Å². The molecule has 3 aromatic heterocycles. The molecule has 0 amide bonds. The second-order valence-corrected chi connectivity index (χ2v) is 10.2. The maximum atomic E-state index is 13.6. The van der Waals surface area contributed by atoms with Crippen molar-refractivity contribution in [2.45, 2.75) is 52.0 Å². The van der Waals surface area contributed by atoms with E-state index in [1.807, 2.05) is 18.3 Å². The zero-order valence-electron chi connectivity index (χ0n) is 20.4. The molecule has 34 heavy (non-hydrogen) atoms. The van der Waals surface area contributed by atoms with Crippen LogP contribution in [0, 0.1) is 17.8 Å². The number of aromatic nitrogens is 3. The lowest BCUT2D eigenvalue weighted by atomic mass is 9.73. The van der Waals surface area contributed by atoms with Gasteiger partial charge < -0.3 is 13.9 Å². The number of pyridine rings is 1. The van der Waals surface area contributed by atoms with E-state index in [1.54, 1.807) is 7.11 Å². The first-order chi connectivity index (χ1) is 16.6. The van der Waals surface area contributed by atoms with Crippen molar-refractivity contribution in [2.24, 2.45) is 24.8 Å². The molecule has 3 atom stereocenters. The lowest BCUT2D eigenvalue weighted by Gasteiger charge is -2.31. The summed E-state index contributed by atoms with van der Waals surface area (Å²) in [7, 11) is 3.78. The molecule has 5 heteroatoms. The zero-order chi connectivity index (χ0) is 23.4. The molecule has 4 aromatic rings. The summed E-state index contributed by atoms with van der Waals surface area (Å²) in [5.74, 6) is 2.82. The maximum absolute atomic E-state index is 13.6. The van der Waals surface area contributed by atoms with Crippen molar-refractivity contribution in [1.29, 1.82) is 0 Å². The van der Waals surface area contributed by atoms with Crippen molar-refractivity contribution in [3.05, 3.63) is 48.2 Å². The van der Waals surface area contributed by atoms with Gasteiger partial charge in [-0.05, 0) is 74.4 Å². The van der Waals surface area contributed by atoms with Gasteiger partial charge in [-0.25, -0.2) is 4.98 Å². The Bertz CT molecular complexity index is 1400. The minimum atomic E-state index is 0.151. The molecule has 6 rings (SSSR count). The quantitative estimate of drug-likeness (QED) is 0.318. The highest BCUT2D eigenvalue weighted by atomic mass is 16.5. The molecule has 0 saturated heterocycles. The minimum Gasteiger partial charge on any atom is -0.495 e. The zero-order valence-corrected chi connectivity index (χ0v) is 20.4. The molecule has 2 aliphatic rings. The van der Waals surface area contributed by atoms with E-state index in [0.29, 0.717) is 5.78 Å². The fourth-order valence-electron chi connectivity index (χ4n) is 6.80. The molecule has 2 fully saturated rings. The number of fused-ring (bicyclic) bond motifs is 3. The van der Waals surface area contributed by atoms with Crippen LogP contribution >= 0.6 is 0 Å². The van der Waals surface area contributed by atoms with Crippen LogP contribution in [0.15, 0.2) is 42.6 Å². The van der Waals surface area contributed by atoms with Crippen LogP contribution in [-0.4, -0.2) is 27.0 Å². The van der Waals surface area contributed by atoms with Crippen molar-refractivity contribution in [3.8, 4) is 17.1 Å². The number of ether oxygens (including phenoxy) is 1. The van der Waals surface area contributed by atoms with E-state index in [0.717, 1.165) is 75.9 Å². The maximum Gasteiger partial charge on any atom is 0.166 e. The Morgan fingerprint density at radius 2 is 1.88 bits per heavy atom. The molecule has 1 aromatic carbocycles. The number of aryl methyl sites for hydroxylation is 2. The van der Waals surface area contributed by atoms with E-state index in [-0.39, 0.29) is 5.92 Å². The molecular weight excluding hydrogens is 422 g/mol. The first-order valence-corrected chi connectivity index (χ1v) is 12.7. The van der Waals surface area contributed by atoms with Gasteiger partial charge in [-0.2, -0.15) is 0 Å². The Hall–Kier alpha value is -3.08. The van der Waals surface area contributed by atoms with Gasteiger partial charge in [0.1, 0.15) is 11.4 Å². The number of ketones is 1. The van der Waals surface area contributed by atoms with Gasteiger partial charge in [0.25, 0.3) is 0 Å². The van der Waals surface area contributed by atoms with E-state index in [2.05, 4.69) is 52.4 Å². The molecule has 0 bridgehead atoms. The predicted octanol–water partition coefficient (Wildman–Crippen LogP) is 6.62. The van der Waals surface area contributed by atoms with Crippen molar-refractivity contribution in [2.75, 3.05) is 7.11 Å². The molecule has 2 saturated carbocycles. The van der Waals surface area contributed by atoms with E-state index in [4.69, 9.17) is 4.74 Å². The molecule has 0 spiro atoms. The highest BCUT2D eigenvalue weighted by Crippen LogP contribution is 2.45.